The van der Waals surface area contributed by atoms with E-state index in [1.54, 1.807) is 6.07 Å². The minimum Gasteiger partial charge on any atom is -0.494 e. The fourth-order valence-electron chi connectivity index (χ4n) is 1.91. The third-order valence-corrected chi connectivity index (χ3v) is 3.03. The highest BCUT2D eigenvalue weighted by Gasteiger charge is 2.09. The first kappa shape index (κ1) is 14.7. The summed E-state index contributed by atoms with van der Waals surface area (Å²) in [6.45, 7) is 3.69. The summed E-state index contributed by atoms with van der Waals surface area (Å²) in [5.74, 6) is -0.0889. The van der Waals surface area contributed by atoms with Gasteiger partial charge in [-0.2, -0.15) is 0 Å². The zero-order valence-electron chi connectivity index (χ0n) is 11.0. The summed E-state index contributed by atoms with van der Waals surface area (Å²) in [5.41, 5.74) is 6.87. The highest BCUT2D eigenvalue weighted by Crippen LogP contribution is 2.23. The number of allylic oxidation sites excluding steroid dienone is 1. The van der Waals surface area contributed by atoms with E-state index in [-0.39, 0.29) is 17.6 Å². The molecule has 1 atom stereocenters. The Morgan fingerprint density at radius 1 is 1.39 bits per heavy atom. The van der Waals surface area contributed by atoms with Crippen LogP contribution in [0.4, 0.5) is 4.39 Å². The molecular weight excluding hydrogens is 229 g/mol. The van der Waals surface area contributed by atoms with Crippen molar-refractivity contribution in [3.8, 4) is 5.75 Å². The molecule has 1 aromatic rings. The molecule has 0 aliphatic carbocycles. The van der Waals surface area contributed by atoms with E-state index in [4.69, 9.17) is 10.5 Å². The molecule has 0 heterocycles. The van der Waals surface area contributed by atoms with Crippen molar-refractivity contribution in [3.05, 3.63) is 42.2 Å². The molecule has 1 rings (SSSR count). The van der Waals surface area contributed by atoms with E-state index in [1.165, 1.54) is 13.2 Å². The summed E-state index contributed by atoms with van der Waals surface area (Å²) in [4.78, 5) is 0. The van der Waals surface area contributed by atoms with E-state index in [9.17, 15) is 4.39 Å². The molecule has 0 saturated heterocycles. The second-order valence-corrected chi connectivity index (χ2v) is 4.43. The molecule has 0 fully saturated rings. The molecule has 1 aromatic carbocycles. The molecule has 18 heavy (non-hydrogen) atoms. The van der Waals surface area contributed by atoms with Gasteiger partial charge in [-0.15, -0.1) is 6.58 Å². The lowest BCUT2D eigenvalue weighted by atomic mass is 10.0. The van der Waals surface area contributed by atoms with Gasteiger partial charge in [0.15, 0.2) is 11.6 Å². The lowest BCUT2D eigenvalue weighted by Gasteiger charge is -2.13. The Kier molecular flexibility index (Phi) is 6.44. The summed E-state index contributed by atoms with van der Waals surface area (Å²) >= 11 is 0. The third-order valence-electron chi connectivity index (χ3n) is 3.03. The Bertz CT molecular complexity index is 379. The number of nitrogens with two attached hydrogens (primary N) is 1. The van der Waals surface area contributed by atoms with Crippen LogP contribution in [0.25, 0.3) is 0 Å². The van der Waals surface area contributed by atoms with Crippen molar-refractivity contribution < 1.29 is 9.13 Å². The van der Waals surface area contributed by atoms with E-state index in [1.807, 2.05) is 12.1 Å². The molecule has 0 aliphatic rings. The van der Waals surface area contributed by atoms with Gasteiger partial charge in [0.2, 0.25) is 0 Å². The molecule has 0 aliphatic heterocycles. The molecule has 0 spiro atoms. The van der Waals surface area contributed by atoms with Gasteiger partial charge in [-0.25, -0.2) is 4.39 Å². The monoisotopic (exact) mass is 251 g/mol. The maximum Gasteiger partial charge on any atom is 0.165 e. The van der Waals surface area contributed by atoms with Crippen LogP contribution in [0, 0.1) is 5.82 Å². The smallest absolute Gasteiger partial charge is 0.165 e. The normalized spacial score (nSPS) is 12.2. The molecule has 2 nitrogen and oxygen atoms in total. The van der Waals surface area contributed by atoms with Crippen LogP contribution in [-0.4, -0.2) is 7.11 Å². The van der Waals surface area contributed by atoms with Crippen LogP contribution in [0.2, 0.25) is 0 Å². The SMILES string of the molecule is C=CCCCCCC(N)c1ccc(OC)c(F)c1. The number of halogens is 1. The molecule has 100 valence electrons. The number of hydrogen-bond donors (Lipinski definition) is 1. The standard InChI is InChI=1S/C15H22FNO/c1-3-4-5-6-7-8-14(17)12-9-10-15(18-2)13(16)11-12/h3,9-11,14H,1,4-8,17H2,2H3. The van der Waals surface area contributed by atoms with E-state index in [2.05, 4.69) is 6.58 Å². The molecule has 1 unspecified atom stereocenters. The average Bonchev–Trinajstić information content (AvgIpc) is 2.38. The molecule has 0 amide bonds. The maximum absolute atomic E-state index is 13.5. The van der Waals surface area contributed by atoms with Crippen LogP contribution in [0.3, 0.4) is 0 Å². The molecule has 0 aromatic heterocycles. The topological polar surface area (TPSA) is 35.2 Å². The summed E-state index contributed by atoms with van der Waals surface area (Å²) in [7, 11) is 1.46. The van der Waals surface area contributed by atoms with Gasteiger partial charge in [-0.1, -0.05) is 25.0 Å². The second-order valence-electron chi connectivity index (χ2n) is 4.43. The Morgan fingerprint density at radius 2 is 2.17 bits per heavy atom. The van der Waals surface area contributed by atoms with Crippen LogP contribution in [0.5, 0.6) is 5.75 Å². The quantitative estimate of drug-likeness (QED) is 0.560. The molecular formula is C15H22FNO. The third kappa shape index (κ3) is 4.49. The zero-order chi connectivity index (χ0) is 13.4. The Morgan fingerprint density at radius 3 is 2.78 bits per heavy atom. The van der Waals surface area contributed by atoms with Crippen molar-refractivity contribution in [1.29, 1.82) is 0 Å². The number of rotatable bonds is 8. The first-order valence-corrected chi connectivity index (χ1v) is 6.39. The summed E-state index contributed by atoms with van der Waals surface area (Å²) in [5, 5.41) is 0. The van der Waals surface area contributed by atoms with Gasteiger partial charge in [0.25, 0.3) is 0 Å². The van der Waals surface area contributed by atoms with Gasteiger partial charge in [-0.05, 0) is 37.0 Å². The van der Waals surface area contributed by atoms with Gasteiger partial charge < -0.3 is 10.5 Å². The lowest BCUT2D eigenvalue weighted by molar-refractivity contribution is 0.385. The largest absolute Gasteiger partial charge is 0.494 e. The first-order chi connectivity index (χ1) is 8.69. The van der Waals surface area contributed by atoms with Crippen LogP contribution in [0.1, 0.15) is 43.7 Å². The van der Waals surface area contributed by atoms with Crippen LogP contribution >= 0.6 is 0 Å². The van der Waals surface area contributed by atoms with E-state index < -0.39 is 0 Å². The minimum atomic E-state index is -0.350. The predicted molar refractivity (Wildman–Crippen MR) is 73.2 cm³/mol. The van der Waals surface area contributed by atoms with E-state index in [0.29, 0.717) is 0 Å². The number of hydrogen-bond acceptors (Lipinski definition) is 2. The summed E-state index contributed by atoms with van der Waals surface area (Å²) in [6, 6.07) is 4.82. The molecule has 3 heteroatoms. The Labute approximate surface area is 109 Å². The fraction of sp³-hybridized carbons (Fsp3) is 0.467. The number of unbranched alkanes of at least 4 members (excludes halogenated alkanes) is 3. The van der Waals surface area contributed by atoms with Gasteiger partial charge in [0.1, 0.15) is 0 Å². The van der Waals surface area contributed by atoms with Crippen molar-refractivity contribution in [3.63, 3.8) is 0 Å². The van der Waals surface area contributed by atoms with Crippen LogP contribution < -0.4 is 10.5 Å². The van der Waals surface area contributed by atoms with Crippen molar-refractivity contribution in [1.82, 2.24) is 0 Å². The first-order valence-electron chi connectivity index (χ1n) is 6.39. The molecule has 0 bridgehead atoms. The van der Waals surface area contributed by atoms with Gasteiger partial charge >= 0.3 is 0 Å². The second kappa shape index (κ2) is 7.88. The van der Waals surface area contributed by atoms with Gasteiger partial charge in [0, 0.05) is 6.04 Å². The average molecular weight is 251 g/mol. The Hall–Kier alpha value is -1.35. The fourth-order valence-corrected chi connectivity index (χ4v) is 1.91. The summed E-state index contributed by atoms with van der Waals surface area (Å²) in [6.07, 6.45) is 7.20. The number of ether oxygens (including phenoxy) is 1. The number of methoxy groups -OCH3 is 1. The number of benzene rings is 1. The van der Waals surface area contributed by atoms with Crippen LogP contribution in [0.15, 0.2) is 30.9 Å². The highest BCUT2D eigenvalue weighted by atomic mass is 19.1. The maximum atomic E-state index is 13.5. The molecule has 0 saturated carbocycles. The van der Waals surface area contributed by atoms with Crippen molar-refractivity contribution in [2.24, 2.45) is 5.73 Å². The molecule has 2 N–H and O–H groups in total. The van der Waals surface area contributed by atoms with Crippen LogP contribution in [-0.2, 0) is 0 Å². The lowest BCUT2D eigenvalue weighted by Crippen LogP contribution is -2.10. The van der Waals surface area contributed by atoms with E-state index >= 15 is 0 Å². The van der Waals surface area contributed by atoms with E-state index in [0.717, 1.165) is 37.7 Å². The zero-order valence-corrected chi connectivity index (χ0v) is 11.0. The van der Waals surface area contributed by atoms with Gasteiger partial charge in [0.05, 0.1) is 7.11 Å². The van der Waals surface area contributed by atoms with Crippen molar-refractivity contribution in [2.45, 2.75) is 38.1 Å². The van der Waals surface area contributed by atoms with Crippen molar-refractivity contribution in [2.75, 3.05) is 7.11 Å². The predicted octanol–water partition coefficient (Wildman–Crippen LogP) is 3.97. The molecule has 0 radical (unpaired) electrons. The van der Waals surface area contributed by atoms with Gasteiger partial charge in [-0.3, -0.25) is 0 Å². The Balaban J connectivity index is 2.43. The minimum absolute atomic E-state index is 0.103. The summed E-state index contributed by atoms with van der Waals surface area (Å²) < 4.78 is 18.4. The highest BCUT2D eigenvalue weighted by molar-refractivity contribution is 5.30. The van der Waals surface area contributed by atoms with Crippen molar-refractivity contribution >= 4 is 0 Å².